The van der Waals surface area contributed by atoms with Crippen molar-refractivity contribution in [2.75, 3.05) is 57.0 Å². The molecule has 0 radical (unpaired) electrons. The number of anilines is 2. The molecule has 2 amide bonds. The molecule has 1 aromatic carbocycles. The highest BCUT2D eigenvalue weighted by atomic mass is 16.4. The Labute approximate surface area is 188 Å². The number of aromatic nitrogens is 1. The fourth-order valence-electron chi connectivity index (χ4n) is 3.68. The first-order valence-electron chi connectivity index (χ1n) is 10.8. The summed E-state index contributed by atoms with van der Waals surface area (Å²) < 4.78 is 0. The van der Waals surface area contributed by atoms with Crippen LogP contribution in [-0.2, 0) is 9.59 Å². The number of piperazine rings is 1. The summed E-state index contributed by atoms with van der Waals surface area (Å²) in [5, 5.41) is 13.1. The van der Waals surface area contributed by atoms with E-state index in [1.165, 1.54) is 0 Å². The number of likely N-dealkylation sites (N-methyl/N-ethyl adjacent to an activating group) is 1. The first-order chi connectivity index (χ1) is 15.1. The van der Waals surface area contributed by atoms with E-state index in [2.05, 4.69) is 15.2 Å². The van der Waals surface area contributed by atoms with Crippen molar-refractivity contribution in [3.8, 4) is 0 Å². The van der Waals surface area contributed by atoms with Crippen LogP contribution in [0.2, 0.25) is 0 Å². The van der Waals surface area contributed by atoms with Gasteiger partial charge in [0.1, 0.15) is 5.82 Å². The van der Waals surface area contributed by atoms with Crippen molar-refractivity contribution in [2.24, 2.45) is 5.92 Å². The van der Waals surface area contributed by atoms with Gasteiger partial charge in [-0.2, -0.15) is 0 Å². The number of pyridine rings is 1. The summed E-state index contributed by atoms with van der Waals surface area (Å²) in [5.41, 5.74) is 1.27. The average Bonchev–Trinajstić information content (AvgIpc) is 2.72. The second-order valence-electron chi connectivity index (χ2n) is 8.76. The van der Waals surface area contributed by atoms with Crippen LogP contribution < -0.4 is 10.2 Å². The van der Waals surface area contributed by atoms with Crippen molar-refractivity contribution in [1.29, 1.82) is 0 Å². The molecule has 0 aliphatic carbocycles. The Bertz CT molecular complexity index is 1010. The van der Waals surface area contributed by atoms with E-state index in [0.29, 0.717) is 61.6 Å². The Hall–Kier alpha value is -3.20. The van der Waals surface area contributed by atoms with Crippen LogP contribution in [0.1, 0.15) is 30.6 Å². The number of hydrogen-bond acceptors (Lipinski definition) is 6. The van der Waals surface area contributed by atoms with Gasteiger partial charge in [-0.3, -0.25) is 14.5 Å². The molecule has 0 spiro atoms. The number of benzene rings is 1. The van der Waals surface area contributed by atoms with Crippen molar-refractivity contribution in [3.05, 3.63) is 29.8 Å². The zero-order chi connectivity index (χ0) is 23.4. The van der Waals surface area contributed by atoms with Gasteiger partial charge in [-0.15, -0.1) is 0 Å². The second-order valence-corrected chi connectivity index (χ2v) is 8.76. The number of nitrogens with zero attached hydrogens (tertiary/aromatic N) is 4. The highest BCUT2D eigenvalue weighted by molar-refractivity contribution is 6.05. The van der Waals surface area contributed by atoms with Gasteiger partial charge in [0.15, 0.2) is 0 Å². The molecule has 0 unspecified atom stereocenters. The summed E-state index contributed by atoms with van der Waals surface area (Å²) in [6.45, 7) is 7.01. The summed E-state index contributed by atoms with van der Waals surface area (Å²) in [5.74, 6) is -0.251. The van der Waals surface area contributed by atoms with Gasteiger partial charge in [0.2, 0.25) is 11.8 Å². The SMILES string of the molecule is CC(C)CC(=O)Nc1ccc2nc(N3CCN(CC(=O)N(C)C)CC3)cc(C(=O)O)c2c1. The second kappa shape index (κ2) is 9.95. The largest absolute Gasteiger partial charge is 0.478 e. The monoisotopic (exact) mass is 441 g/mol. The molecule has 2 heterocycles. The van der Waals surface area contributed by atoms with Gasteiger partial charge in [0.25, 0.3) is 0 Å². The molecule has 1 fully saturated rings. The minimum absolute atomic E-state index is 0.0618. The van der Waals surface area contributed by atoms with Crippen LogP contribution in [0.4, 0.5) is 11.5 Å². The van der Waals surface area contributed by atoms with Crippen molar-refractivity contribution in [3.63, 3.8) is 0 Å². The van der Waals surface area contributed by atoms with Gasteiger partial charge < -0.3 is 20.2 Å². The standard InChI is InChI=1S/C23H31N5O4/c1-15(2)11-21(29)24-16-5-6-19-17(12-16)18(23(31)32)13-20(25-19)28-9-7-27(8-10-28)14-22(30)26(3)4/h5-6,12-13,15H,7-11,14H2,1-4H3,(H,24,29)(H,31,32). The topological polar surface area (TPSA) is 106 Å². The molecule has 1 aliphatic heterocycles. The van der Waals surface area contributed by atoms with E-state index in [1.807, 2.05) is 18.7 Å². The molecular formula is C23H31N5O4. The lowest BCUT2D eigenvalue weighted by atomic mass is 10.1. The smallest absolute Gasteiger partial charge is 0.336 e. The molecule has 1 aliphatic rings. The van der Waals surface area contributed by atoms with Crippen molar-refractivity contribution in [2.45, 2.75) is 20.3 Å². The maximum Gasteiger partial charge on any atom is 0.336 e. The number of carboxylic acids is 1. The van der Waals surface area contributed by atoms with Gasteiger partial charge in [-0.25, -0.2) is 9.78 Å². The number of fused-ring (bicyclic) bond motifs is 1. The van der Waals surface area contributed by atoms with E-state index < -0.39 is 5.97 Å². The number of aromatic carboxylic acids is 1. The summed E-state index contributed by atoms with van der Waals surface area (Å²) >= 11 is 0. The molecule has 1 aromatic heterocycles. The molecular weight excluding hydrogens is 410 g/mol. The van der Waals surface area contributed by atoms with Crippen LogP contribution >= 0.6 is 0 Å². The number of carbonyl (C=O) groups is 3. The highest BCUT2D eigenvalue weighted by Crippen LogP contribution is 2.27. The molecule has 1 saturated heterocycles. The van der Waals surface area contributed by atoms with Crippen LogP contribution in [0.3, 0.4) is 0 Å². The van der Waals surface area contributed by atoms with E-state index in [0.717, 1.165) is 0 Å². The van der Waals surface area contributed by atoms with Crippen LogP contribution in [-0.4, -0.2) is 84.5 Å². The first kappa shape index (κ1) is 23.5. The highest BCUT2D eigenvalue weighted by Gasteiger charge is 2.22. The number of carboxylic acid groups (broad SMARTS) is 1. The van der Waals surface area contributed by atoms with E-state index in [4.69, 9.17) is 0 Å². The molecule has 32 heavy (non-hydrogen) atoms. The fraction of sp³-hybridized carbons (Fsp3) is 0.478. The van der Waals surface area contributed by atoms with Crippen LogP contribution in [0.25, 0.3) is 10.9 Å². The predicted octanol–water partition coefficient (Wildman–Crippen LogP) is 2.13. The van der Waals surface area contributed by atoms with Gasteiger partial charge in [0, 0.05) is 57.8 Å². The van der Waals surface area contributed by atoms with E-state index in [-0.39, 0.29) is 23.3 Å². The maximum absolute atomic E-state index is 12.1. The molecule has 0 bridgehead atoms. The molecule has 2 N–H and O–H groups in total. The Morgan fingerprint density at radius 2 is 1.81 bits per heavy atom. The third-order valence-electron chi connectivity index (χ3n) is 5.46. The van der Waals surface area contributed by atoms with Gasteiger partial charge in [-0.1, -0.05) is 13.8 Å². The van der Waals surface area contributed by atoms with Crippen LogP contribution in [0, 0.1) is 5.92 Å². The Kier molecular flexibility index (Phi) is 7.29. The lowest BCUT2D eigenvalue weighted by Crippen LogP contribution is -2.49. The summed E-state index contributed by atoms with van der Waals surface area (Å²) in [6, 6.07) is 6.74. The van der Waals surface area contributed by atoms with Crippen molar-refractivity contribution >= 4 is 40.2 Å². The van der Waals surface area contributed by atoms with Crippen molar-refractivity contribution < 1.29 is 19.5 Å². The normalized spacial score (nSPS) is 14.6. The Morgan fingerprint density at radius 1 is 1.12 bits per heavy atom. The third kappa shape index (κ3) is 5.73. The minimum atomic E-state index is -1.04. The summed E-state index contributed by atoms with van der Waals surface area (Å²) in [6.07, 6.45) is 0.396. The number of nitrogens with one attached hydrogen (secondary N) is 1. The van der Waals surface area contributed by atoms with Gasteiger partial charge in [0.05, 0.1) is 17.6 Å². The predicted molar refractivity (Wildman–Crippen MR) is 124 cm³/mol. The molecule has 2 aromatic rings. The van der Waals surface area contributed by atoms with Gasteiger partial charge >= 0.3 is 5.97 Å². The van der Waals surface area contributed by atoms with E-state index in [1.54, 1.807) is 43.3 Å². The fourth-order valence-corrected chi connectivity index (χ4v) is 3.68. The summed E-state index contributed by atoms with van der Waals surface area (Å²) in [4.78, 5) is 46.4. The molecule has 9 nitrogen and oxygen atoms in total. The van der Waals surface area contributed by atoms with E-state index in [9.17, 15) is 19.5 Å². The Balaban J connectivity index is 1.79. The molecule has 0 atom stereocenters. The van der Waals surface area contributed by atoms with Crippen LogP contribution in [0.5, 0.6) is 0 Å². The van der Waals surface area contributed by atoms with E-state index >= 15 is 0 Å². The first-order valence-corrected chi connectivity index (χ1v) is 10.8. The van der Waals surface area contributed by atoms with Crippen LogP contribution in [0.15, 0.2) is 24.3 Å². The number of hydrogen-bond donors (Lipinski definition) is 2. The maximum atomic E-state index is 12.1. The minimum Gasteiger partial charge on any atom is -0.478 e. The quantitative estimate of drug-likeness (QED) is 0.678. The Morgan fingerprint density at radius 3 is 2.41 bits per heavy atom. The average molecular weight is 442 g/mol. The zero-order valence-electron chi connectivity index (χ0n) is 19.1. The third-order valence-corrected chi connectivity index (χ3v) is 5.46. The van der Waals surface area contributed by atoms with Gasteiger partial charge in [-0.05, 0) is 30.2 Å². The number of amides is 2. The zero-order valence-corrected chi connectivity index (χ0v) is 19.1. The molecule has 0 saturated carbocycles. The molecule has 3 rings (SSSR count). The molecule has 9 heteroatoms. The molecule has 172 valence electrons. The number of rotatable bonds is 7. The lowest BCUT2D eigenvalue weighted by molar-refractivity contribution is -0.130. The lowest BCUT2D eigenvalue weighted by Gasteiger charge is -2.35. The summed E-state index contributed by atoms with van der Waals surface area (Å²) in [7, 11) is 3.48. The van der Waals surface area contributed by atoms with Crippen molar-refractivity contribution in [1.82, 2.24) is 14.8 Å². The number of carbonyl (C=O) groups excluding carboxylic acids is 2.